The zero-order valence-electron chi connectivity index (χ0n) is 9.96. The van der Waals surface area contributed by atoms with Gasteiger partial charge in [-0.2, -0.15) is 13.2 Å². The van der Waals surface area contributed by atoms with E-state index in [1.807, 2.05) is 0 Å². The molecule has 0 amide bonds. The quantitative estimate of drug-likeness (QED) is 0.826. The van der Waals surface area contributed by atoms with E-state index >= 15 is 0 Å². The molecule has 1 unspecified atom stereocenters. The predicted octanol–water partition coefficient (Wildman–Crippen LogP) is 4.07. The van der Waals surface area contributed by atoms with E-state index in [0.29, 0.717) is 12.1 Å². The van der Waals surface area contributed by atoms with Crippen molar-refractivity contribution in [2.24, 2.45) is 0 Å². The second-order valence-corrected chi connectivity index (χ2v) is 4.19. The van der Waals surface area contributed by atoms with Crippen LogP contribution < -0.4 is 0 Å². The average Bonchev–Trinajstić information content (AvgIpc) is 2.37. The van der Waals surface area contributed by atoms with E-state index in [1.165, 1.54) is 12.1 Å². The smallest absolute Gasteiger partial charge is 0.384 e. The molecule has 0 aliphatic carbocycles. The summed E-state index contributed by atoms with van der Waals surface area (Å²) in [6.07, 6.45) is -6.11. The van der Waals surface area contributed by atoms with E-state index in [0.717, 1.165) is 18.2 Å². The fraction of sp³-hybridized carbons (Fsp3) is 0.143. The lowest BCUT2D eigenvalue weighted by atomic mass is 10.00. The van der Waals surface area contributed by atoms with Crippen LogP contribution in [0.1, 0.15) is 22.8 Å². The SMILES string of the molecule is OC(c1ccc(F)cc1)c1ccc(C(F)(F)F)c(F)c1. The number of aliphatic hydroxyl groups excluding tert-OH is 1. The van der Waals surface area contributed by atoms with E-state index < -0.39 is 29.5 Å². The number of aliphatic hydroxyl groups is 1. The minimum atomic E-state index is -4.79. The molecular weight excluding hydrogens is 279 g/mol. The Labute approximate surface area is 111 Å². The first-order valence-electron chi connectivity index (χ1n) is 5.59. The first-order chi connectivity index (χ1) is 9.29. The highest BCUT2D eigenvalue weighted by Gasteiger charge is 2.34. The maximum Gasteiger partial charge on any atom is 0.419 e. The Morgan fingerprint density at radius 1 is 0.850 bits per heavy atom. The molecule has 1 atom stereocenters. The Balaban J connectivity index is 2.34. The van der Waals surface area contributed by atoms with Crippen molar-refractivity contribution in [2.75, 3.05) is 0 Å². The molecule has 0 fully saturated rings. The van der Waals surface area contributed by atoms with Crippen molar-refractivity contribution >= 4 is 0 Å². The predicted molar refractivity (Wildman–Crippen MR) is 61.9 cm³/mol. The minimum Gasteiger partial charge on any atom is -0.384 e. The van der Waals surface area contributed by atoms with Crippen molar-refractivity contribution < 1.29 is 27.1 Å². The van der Waals surface area contributed by atoms with Crippen molar-refractivity contribution in [3.05, 3.63) is 70.8 Å². The molecule has 1 N–H and O–H groups in total. The number of rotatable bonds is 2. The highest BCUT2D eigenvalue weighted by atomic mass is 19.4. The molecule has 0 heterocycles. The lowest BCUT2D eigenvalue weighted by Crippen LogP contribution is -2.09. The molecule has 106 valence electrons. The van der Waals surface area contributed by atoms with Gasteiger partial charge in [-0.3, -0.25) is 0 Å². The molecule has 2 aromatic rings. The van der Waals surface area contributed by atoms with Gasteiger partial charge in [0.2, 0.25) is 0 Å². The molecule has 0 saturated heterocycles. The van der Waals surface area contributed by atoms with Crippen LogP contribution in [0.5, 0.6) is 0 Å². The first-order valence-corrected chi connectivity index (χ1v) is 5.59. The van der Waals surface area contributed by atoms with Gasteiger partial charge < -0.3 is 5.11 Å². The maximum absolute atomic E-state index is 13.4. The van der Waals surface area contributed by atoms with Crippen molar-refractivity contribution in [1.29, 1.82) is 0 Å². The van der Waals surface area contributed by atoms with Gasteiger partial charge in [0.15, 0.2) is 0 Å². The van der Waals surface area contributed by atoms with Crippen molar-refractivity contribution in [3.63, 3.8) is 0 Å². The van der Waals surface area contributed by atoms with Gasteiger partial charge in [0.05, 0.1) is 5.56 Å². The zero-order valence-corrected chi connectivity index (χ0v) is 9.96. The Morgan fingerprint density at radius 2 is 1.40 bits per heavy atom. The summed E-state index contributed by atoms with van der Waals surface area (Å²) >= 11 is 0. The van der Waals surface area contributed by atoms with Gasteiger partial charge in [0.25, 0.3) is 0 Å². The monoisotopic (exact) mass is 288 g/mol. The van der Waals surface area contributed by atoms with Crippen LogP contribution in [-0.4, -0.2) is 5.11 Å². The molecule has 20 heavy (non-hydrogen) atoms. The summed E-state index contributed by atoms with van der Waals surface area (Å²) in [5.74, 6) is -1.98. The Kier molecular flexibility index (Phi) is 3.76. The number of hydrogen-bond donors (Lipinski definition) is 1. The largest absolute Gasteiger partial charge is 0.419 e. The van der Waals surface area contributed by atoms with Gasteiger partial charge in [-0.15, -0.1) is 0 Å². The molecule has 0 aliphatic rings. The van der Waals surface area contributed by atoms with Gasteiger partial charge in [0, 0.05) is 0 Å². The van der Waals surface area contributed by atoms with E-state index in [9.17, 15) is 27.1 Å². The molecule has 2 rings (SSSR count). The first kappa shape index (κ1) is 14.5. The minimum absolute atomic E-state index is 0.0397. The lowest BCUT2D eigenvalue weighted by Gasteiger charge is -2.14. The van der Waals surface area contributed by atoms with Crippen LogP contribution in [0.2, 0.25) is 0 Å². The summed E-state index contributed by atoms with van der Waals surface area (Å²) in [6, 6.07) is 6.91. The van der Waals surface area contributed by atoms with E-state index in [2.05, 4.69) is 0 Å². The van der Waals surface area contributed by atoms with Crippen LogP contribution in [-0.2, 0) is 6.18 Å². The fourth-order valence-corrected chi connectivity index (χ4v) is 1.77. The summed E-state index contributed by atoms with van der Waals surface area (Å²) in [5.41, 5.74) is -1.18. The van der Waals surface area contributed by atoms with Gasteiger partial charge >= 0.3 is 6.18 Å². The van der Waals surface area contributed by atoms with Crippen LogP contribution >= 0.6 is 0 Å². The van der Waals surface area contributed by atoms with Gasteiger partial charge in [0.1, 0.15) is 17.7 Å². The molecule has 2 aromatic carbocycles. The third-order valence-electron chi connectivity index (χ3n) is 2.80. The fourth-order valence-electron chi connectivity index (χ4n) is 1.77. The third-order valence-corrected chi connectivity index (χ3v) is 2.80. The van der Waals surface area contributed by atoms with E-state index in [4.69, 9.17) is 0 Å². The summed E-state index contributed by atoms with van der Waals surface area (Å²) in [7, 11) is 0. The molecule has 0 bridgehead atoms. The summed E-state index contributed by atoms with van der Waals surface area (Å²) in [5, 5.41) is 9.93. The molecular formula is C14H9F5O. The number of hydrogen-bond acceptors (Lipinski definition) is 1. The van der Waals surface area contributed by atoms with E-state index in [1.54, 1.807) is 0 Å². The second-order valence-electron chi connectivity index (χ2n) is 4.19. The topological polar surface area (TPSA) is 20.2 Å². The average molecular weight is 288 g/mol. The maximum atomic E-state index is 13.4. The molecule has 0 spiro atoms. The summed E-state index contributed by atoms with van der Waals surface area (Å²) in [4.78, 5) is 0. The van der Waals surface area contributed by atoms with Gasteiger partial charge in [-0.05, 0) is 35.4 Å². The standard InChI is InChI=1S/C14H9F5O/c15-10-4-1-8(2-5-10)13(20)9-3-6-11(12(16)7-9)14(17,18)19/h1-7,13,20H. The normalized spacial score (nSPS) is 13.3. The molecule has 0 radical (unpaired) electrons. The Hall–Kier alpha value is -1.95. The van der Waals surface area contributed by atoms with Crippen LogP contribution in [0.3, 0.4) is 0 Å². The van der Waals surface area contributed by atoms with Crippen LogP contribution in [0.4, 0.5) is 22.0 Å². The third kappa shape index (κ3) is 2.96. The van der Waals surface area contributed by atoms with Crippen molar-refractivity contribution in [1.82, 2.24) is 0 Å². The number of alkyl halides is 3. The summed E-state index contributed by atoms with van der Waals surface area (Å²) < 4.78 is 63.3. The molecule has 0 aliphatic heterocycles. The van der Waals surface area contributed by atoms with Gasteiger partial charge in [-0.25, -0.2) is 8.78 Å². The van der Waals surface area contributed by atoms with Crippen LogP contribution in [0.25, 0.3) is 0 Å². The zero-order chi connectivity index (χ0) is 14.9. The highest BCUT2D eigenvalue weighted by Crippen LogP contribution is 2.33. The lowest BCUT2D eigenvalue weighted by molar-refractivity contribution is -0.140. The number of benzene rings is 2. The molecule has 0 saturated carbocycles. The highest BCUT2D eigenvalue weighted by molar-refractivity contribution is 5.33. The van der Waals surface area contributed by atoms with E-state index in [-0.39, 0.29) is 11.1 Å². The van der Waals surface area contributed by atoms with Crippen LogP contribution in [0.15, 0.2) is 42.5 Å². The summed E-state index contributed by atoms with van der Waals surface area (Å²) in [6.45, 7) is 0. The number of halogens is 5. The van der Waals surface area contributed by atoms with Crippen LogP contribution in [0, 0.1) is 11.6 Å². The second kappa shape index (κ2) is 5.20. The van der Waals surface area contributed by atoms with Gasteiger partial charge in [-0.1, -0.05) is 18.2 Å². The van der Waals surface area contributed by atoms with Crippen molar-refractivity contribution in [3.8, 4) is 0 Å². The molecule has 6 heteroatoms. The molecule has 0 aromatic heterocycles. The van der Waals surface area contributed by atoms with Crippen molar-refractivity contribution in [2.45, 2.75) is 12.3 Å². The Morgan fingerprint density at radius 3 is 1.90 bits per heavy atom. The molecule has 1 nitrogen and oxygen atoms in total. The Bertz CT molecular complexity index is 604.